The van der Waals surface area contributed by atoms with Crippen molar-refractivity contribution in [1.82, 2.24) is 5.32 Å². The highest BCUT2D eigenvalue weighted by Gasteiger charge is 2.25. The molecule has 8 heteroatoms. The Balaban J connectivity index is 3.03. The molecule has 0 aliphatic rings. The summed E-state index contributed by atoms with van der Waals surface area (Å²) in [7, 11) is 3.40. The van der Waals surface area contributed by atoms with Crippen molar-refractivity contribution < 1.29 is 19.2 Å². The minimum absolute atomic E-state index is 0.0320. The summed E-state index contributed by atoms with van der Waals surface area (Å²) in [5.41, 5.74) is -0.184. The Morgan fingerprint density at radius 3 is 2.33 bits per heavy atom. The van der Waals surface area contributed by atoms with Crippen molar-refractivity contribution in [3.05, 3.63) is 33.9 Å². The first kappa shape index (κ1) is 19.4. The number of hydrogen-bond donors (Lipinski definition) is 1. The van der Waals surface area contributed by atoms with E-state index >= 15 is 0 Å². The molecule has 0 fully saturated rings. The van der Waals surface area contributed by atoms with E-state index in [1.165, 1.54) is 19.1 Å². The minimum atomic E-state index is -1.02. The molecular weight excluding hydrogens is 314 g/mol. The molecule has 0 unspecified atom stereocenters. The van der Waals surface area contributed by atoms with Crippen LogP contribution in [0.15, 0.2) is 18.2 Å². The molecule has 0 saturated heterocycles. The molecule has 0 aliphatic carbocycles. The fourth-order valence-electron chi connectivity index (χ4n) is 1.94. The third-order valence-corrected chi connectivity index (χ3v) is 3.04. The number of hydrogen-bond acceptors (Lipinski definition) is 6. The molecule has 1 aromatic rings. The average Bonchev–Trinajstić information content (AvgIpc) is 2.44. The van der Waals surface area contributed by atoms with Gasteiger partial charge in [0.15, 0.2) is 6.10 Å². The number of nitro benzene ring substituents is 1. The highest BCUT2D eigenvalue weighted by atomic mass is 16.6. The summed E-state index contributed by atoms with van der Waals surface area (Å²) in [5, 5.41) is 13.6. The summed E-state index contributed by atoms with van der Waals surface area (Å²) in [6.07, 6.45) is -1.02. The maximum atomic E-state index is 12.4. The Kier molecular flexibility index (Phi) is 5.89. The summed E-state index contributed by atoms with van der Waals surface area (Å²) < 4.78 is 5.17. The van der Waals surface area contributed by atoms with Crippen molar-refractivity contribution in [2.75, 3.05) is 19.0 Å². The molecule has 0 spiro atoms. The highest BCUT2D eigenvalue weighted by molar-refractivity contribution is 5.98. The first-order chi connectivity index (χ1) is 10.9. The Morgan fingerprint density at radius 1 is 1.29 bits per heavy atom. The van der Waals surface area contributed by atoms with Gasteiger partial charge in [-0.15, -0.1) is 0 Å². The van der Waals surface area contributed by atoms with Crippen LogP contribution in [0.4, 0.5) is 11.4 Å². The lowest BCUT2D eigenvalue weighted by Crippen LogP contribution is -2.46. The summed E-state index contributed by atoms with van der Waals surface area (Å²) >= 11 is 0. The van der Waals surface area contributed by atoms with Crippen molar-refractivity contribution in [1.29, 1.82) is 0 Å². The number of carbonyl (C=O) groups is 2. The number of nitrogens with one attached hydrogen (secondary N) is 1. The zero-order valence-electron chi connectivity index (χ0n) is 14.7. The van der Waals surface area contributed by atoms with Crippen molar-refractivity contribution in [2.24, 2.45) is 0 Å². The number of benzene rings is 1. The van der Waals surface area contributed by atoms with E-state index in [1.54, 1.807) is 19.0 Å². The van der Waals surface area contributed by atoms with Crippen molar-refractivity contribution >= 4 is 23.3 Å². The van der Waals surface area contributed by atoms with Crippen LogP contribution < -0.4 is 10.2 Å². The lowest BCUT2D eigenvalue weighted by molar-refractivity contribution is -0.384. The topological polar surface area (TPSA) is 102 Å². The maximum absolute atomic E-state index is 12.4. The van der Waals surface area contributed by atoms with Gasteiger partial charge < -0.3 is 15.0 Å². The molecule has 1 amide bonds. The molecule has 0 aromatic heterocycles. The number of carbonyl (C=O) groups excluding carboxylic acids is 2. The molecule has 0 heterocycles. The summed E-state index contributed by atoms with van der Waals surface area (Å²) in [4.78, 5) is 36.4. The van der Waals surface area contributed by atoms with Crippen LogP contribution in [0.1, 0.15) is 38.1 Å². The third-order valence-electron chi connectivity index (χ3n) is 3.04. The SMILES string of the molecule is C[C@H](OC(=O)c1cc([N+](=O)[O-])ccc1N(C)C)C(=O)NC(C)(C)C. The van der Waals surface area contributed by atoms with Gasteiger partial charge in [-0.05, 0) is 33.8 Å². The number of rotatable bonds is 5. The Bertz CT molecular complexity index is 650. The molecular formula is C16H23N3O5. The van der Waals surface area contributed by atoms with Gasteiger partial charge in [0.05, 0.1) is 16.2 Å². The standard InChI is InChI=1S/C16H23N3O5/c1-10(14(20)17-16(2,3)4)24-15(21)12-9-11(19(22)23)7-8-13(12)18(5)6/h7-10H,1-6H3,(H,17,20)/t10-/m0/s1. The number of anilines is 1. The van der Waals surface area contributed by atoms with E-state index in [0.717, 1.165) is 6.07 Å². The second-order valence-electron chi connectivity index (χ2n) is 6.64. The van der Waals surface area contributed by atoms with Gasteiger partial charge in [-0.3, -0.25) is 14.9 Å². The van der Waals surface area contributed by atoms with Crippen LogP contribution in [0.3, 0.4) is 0 Å². The molecule has 24 heavy (non-hydrogen) atoms. The number of esters is 1. The van der Waals surface area contributed by atoms with Crippen molar-refractivity contribution in [3.8, 4) is 0 Å². The molecule has 0 radical (unpaired) electrons. The number of non-ortho nitro benzene ring substituents is 1. The fourth-order valence-corrected chi connectivity index (χ4v) is 1.94. The van der Waals surface area contributed by atoms with Crippen LogP contribution in [-0.4, -0.2) is 42.5 Å². The smallest absolute Gasteiger partial charge is 0.341 e. The normalized spacial score (nSPS) is 12.2. The maximum Gasteiger partial charge on any atom is 0.341 e. The van der Waals surface area contributed by atoms with Gasteiger partial charge in [-0.1, -0.05) is 0 Å². The molecule has 132 valence electrons. The van der Waals surface area contributed by atoms with E-state index < -0.39 is 28.4 Å². The Hall–Kier alpha value is -2.64. The predicted octanol–water partition coefficient (Wildman–Crippen LogP) is 2.12. The quantitative estimate of drug-likeness (QED) is 0.502. The molecule has 1 N–H and O–H groups in total. The van der Waals surface area contributed by atoms with Gasteiger partial charge in [-0.25, -0.2) is 4.79 Å². The lowest BCUT2D eigenvalue weighted by Gasteiger charge is -2.23. The number of ether oxygens (including phenoxy) is 1. The van der Waals surface area contributed by atoms with E-state index in [4.69, 9.17) is 4.74 Å². The zero-order valence-corrected chi connectivity index (χ0v) is 14.7. The van der Waals surface area contributed by atoms with Gasteiger partial charge in [0.1, 0.15) is 0 Å². The van der Waals surface area contributed by atoms with Crippen LogP contribution in [0.5, 0.6) is 0 Å². The fraction of sp³-hybridized carbons (Fsp3) is 0.500. The number of amides is 1. The molecule has 0 saturated carbocycles. The van der Waals surface area contributed by atoms with Gasteiger partial charge >= 0.3 is 5.97 Å². The third kappa shape index (κ3) is 5.22. The van der Waals surface area contributed by atoms with Gasteiger partial charge in [-0.2, -0.15) is 0 Å². The van der Waals surface area contributed by atoms with Crippen LogP contribution in [0, 0.1) is 10.1 Å². The largest absolute Gasteiger partial charge is 0.449 e. The van der Waals surface area contributed by atoms with Crippen molar-refractivity contribution in [2.45, 2.75) is 39.3 Å². The number of nitro groups is 1. The molecule has 1 aromatic carbocycles. The van der Waals surface area contributed by atoms with Crippen LogP contribution in [0.25, 0.3) is 0 Å². The van der Waals surface area contributed by atoms with Gasteiger partial charge in [0, 0.05) is 31.8 Å². The second-order valence-corrected chi connectivity index (χ2v) is 6.64. The van der Waals surface area contributed by atoms with E-state index in [9.17, 15) is 19.7 Å². The first-order valence-electron chi connectivity index (χ1n) is 7.41. The first-order valence-corrected chi connectivity index (χ1v) is 7.41. The van der Waals surface area contributed by atoms with E-state index in [2.05, 4.69) is 5.32 Å². The lowest BCUT2D eigenvalue weighted by atomic mass is 10.1. The van der Waals surface area contributed by atoms with Gasteiger partial charge in [0.25, 0.3) is 11.6 Å². The highest BCUT2D eigenvalue weighted by Crippen LogP contribution is 2.25. The summed E-state index contributed by atoms with van der Waals surface area (Å²) in [5.74, 6) is -1.23. The Morgan fingerprint density at radius 2 is 1.88 bits per heavy atom. The van der Waals surface area contributed by atoms with Gasteiger partial charge in [0.2, 0.25) is 0 Å². The monoisotopic (exact) mass is 337 g/mol. The molecule has 1 atom stereocenters. The zero-order chi connectivity index (χ0) is 18.7. The van der Waals surface area contributed by atoms with Crippen LogP contribution >= 0.6 is 0 Å². The molecule has 8 nitrogen and oxygen atoms in total. The van der Waals surface area contributed by atoms with Crippen molar-refractivity contribution in [3.63, 3.8) is 0 Å². The minimum Gasteiger partial charge on any atom is -0.449 e. The van der Waals surface area contributed by atoms with Crippen LogP contribution in [0.2, 0.25) is 0 Å². The van der Waals surface area contributed by atoms with E-state index in [0.29, 0.717) is 5.69 Å². The Labute approximate surface area is 140 Å². The molecule has 1 rings (SSSR count). The van der Waals surface area contributed by atoms with E-state index in [-0.39, 0.29) is 11.3 Å². The molecule has 0 bridgehead atoms. The predicted molar refractivity (Wildman–Crippen MR) is 90.2 cm³/mol. The average molecular weight is 337 g/mol. The molecule has 0 aliphatic heterocycles. The summed E-state index contributed by atoms with van der Waals surface area (Å²) in [6, 6.07) is 3.92. The number of nitrogens with zero attached hydrogens (tertiary/aromatic N) is 2. The second kappa shape index (κ2) is 7.29. The summed E-state index contributed by atoms with van der Waals surface area (Å²) in [6.45, 7) is 6.88. The van der Waals surface area contributed by atoms with Crippen LogP contribution in [-0.2, 0) is 9.53 Å². The van der Waals surface area contributed by atoms with E-state index in [1.807, 2.05) is 20.8 Å².